The third-order valence-electron chi connectivity index (χ3n) is 6.17. The Hall–Kier alpha value is -4.43. The number of aromatic nitrogens is 1. The van der Waals surface area contributed by atoms with Crippen molar-refractivity contribution < 1.29 is 19.1 Å². The van der Waals surface area contributed by atoms with Crippen molar-refractivity contribution in [1.82, 2.24) is 10.3 Å². The van der Waals surface area contributed by atoms with Gasteiger partial charge < -0.3 is 20.4 Å². The fourth-order valence-electron chi connectivity index (χ4n) is 4.27. The molecule has 39 heavy (non-hydrogen) atoms. The minimum Gasteiger partial charge on any atom is -0.466 e. The average molecular weight is 546 g/mol. The zero-order valence-corrected chi connectivity index (χ0v) is 22.1. The van der Waals surface area contributed by atoms with Crippen LogP contribution < -0.4 is 16.2 Å². The van der Waals surface area contributed by atoms with Crippen LogP contribution in [0.5, 0.6) is 0 Å². The standard InChI is InChI=1S/C30H28ClN3O5/c1-2-39-28(36)16-13-19-7-3-5-9-24(19)33-30(38)26(34-29(37)20-11-14-22(31)15-12-20)17-21-18-27(35)32-25-10-6-4-8-23(21)25/h3-12,14-15,18,26H,2,13,16-17H2,1H3,(H,32,35)(H,33,38)(H,34,37). The van der Waals surface area contributed by atoms with Gasteiger partial charge in [0.1, 0.15) is 6.04 Å². The number of carbonyl (C=O) groups is 3. The second-order valence-corrected chi connectivity index (χ2v) is 9.33. The summed E-state index contributed by atoms with van der Waals surface area (Å²) >= 11 is 5.96. The molecule has 0 aliphatic heterocycles. The van der Waals surface area contributed by atoms with Crippen molar-refractivity contribution in [2.24, 2.45) is 0 Å². The summed E-state index contributed by atoms with van der Waals surface area (Å²) in [6.07, 6.45) is 0.604. The number of hydrogen-bond acceptors (Lipinski definition) is 5. The van der Waals surface area contributed by atoms with Crippen molar-refractivity contribution in [3.8, 4) is 0 Å². The van der Waals surface area contributed by atoms with Gasteiger partial charge in [0.2, 0.25) is 11.5 Å². The molecule has 1 aromatic heterocycles. The van der Waals surface area contributed by atoms with E-state index in [1.54, 1.807) is 49.4 Å². The minimum atomic E-state index is -1.02. The number of aryl methyl sites for hydroxylation is 1. The molecule has 0 aliphatic carbocycles. The molecule has 1 unspecified atom stereocenters. The Morgan fingerprint density at radius 3 is 2.44 bits per heavy atom. The van der Waals surface area contributed by atoms with Crippen molar-refractivity contribution >= 4 is 46.0 Å². The third-order valence-corrected chi connectivity index (χ3v) is 6.42. The van der Waals surface area contributed by atoms with Gasteiger partial charge in [-0.15, -0.1) is 0 Å². The van der Waals surface area contributed by atoms with Gasteiger partial charge in [0.15, 0.2) is 0 Å². The molecule has 0 radical (unpaired) electrons. The van der Waals surface area contributed by atoms with Crippen LogP contribution in [0.1, 0.15) is 34.8 Å². The summed E-state index contributed by atoms with van der Waals surface area (Å²) in [5.74, 6) is -1.25. The van der Waals surface area contributed by atoms with Gasteiger partial charge in [-0.1, -0.05) is 48.0 Å². The molecule has 0 saturated heterocycles. The van der Waals surface area contributed by atoms with Gasteiger partial charge >= 0.3 is 5.97 Å². The monoisotopic (exact) mass is 545 g/mol. The first-order valence-corrected chi connectivity index (χ1v) is 12.9. The van der Waals surface area contributed by atoms with E-state index >= 15 is 0 Å². The van der Waals surface area contributed by atoms with Crippen molar-refractivity contribution in [3.05, 3.63) is 111 Å². The number of H-pyrrole nitrogens is 1. The highest BCUT2D eigenvalue weighted by atomic mass is 35.5. The quantitative estimate of drug-likeness (QED) is 0.251. The maximum Gasteiger partial charge on any atom is 0.306 e. The molecule has 8 nitrogen and oxygen atoms in total. The Kier molecular flexibility index (Phi) is 9.12. The molecule has 1 atom stereocenters. The van der Waals surface area contributed by atoms with Crippen LogP contribution in [0.25, 0.3) is 10.9 Å². The van der Waals surface area contributed by atoms with E-state index in [1.165, 1.54) is 6.07 Å². The molecule has 0 fully saturated rings. The highest BCUT2D eigenvalue weighted by Crippen LogP contribution is 2.20. The fourth-order valence-corrected chi connectivity index (χ4v) is 4.39. The van der Waals surface area contributed by atoms with Crippen LogP contribution >= 0.6 is 11.6 Å². The SMILES string of the molecule is CCOC(=O)CCc1ccccc1NC(=O)C(Cc1cc(=O)[nH]c2ccccc12)NC(=O)c1ccc(Cl)cc1. The van der Waals surface area contributed by atoms with Crippen LogP contribution in [0, 0.1) is 0 Å². The van der Waals surface area contributed by atoms with E-state index in [0.29, 0.717) is 40.4 Å². The lowest BCUT2D eigenvalue weighted by atomic mass is 10.00. The van der Waals surface area contributed by atoms with E-state index in [9.17, 15) is 19.2 Å². The van der Waals surface area contributed by atoms with Gasteiger partial charge in [0.25, 0.3) is 5.91 Å². The maximum atomic E-state index is 13.6. The molecule has 3 N–H and O–H groups in total. The number of pyridine rings is 1. The number of rotatable bonds is 10. The number of ether oxygens (including phenoxy) is 1. The number of benzene rings is 3. The van der Waals surface area contributed by atoms with Gasteiger partial charge in [-0.3, -0.25) is 19.2 Å². The van der Waals surface area contributed by atoms with Gasteiger partial charge in [-0.05, 0) is 60.9 Å². The summed E-state index contributed by atoms with van der Waals surface area (Å²) in [6.45, 7) is 2.04. The number of nitrogens with one attached hydrogen (secondary N) is 3. The predicted molar refractivity (Wildman–Crippen MR) is 151 cm³/mol. The third kappa shape index (κ3) is 7.33. The summed E-state index contributed by atoms with van der Waals surface area (Å²) in [4.78, 5) is 53.7. The topological polar surface area (TPSA) is 117 Å². The Labute approximate surface area is 230 Å². The number of para-hydroxylation sites is 2. The number of esters is 1. The normalized spacial score (nSPS) is 11.5. The second kappa shape index (κ2) is 12.9. The Morgan fingerprint density at radius 1 is 0.949 bits per heavy atom. The van der Waals surface area contributed by atoms with E-state index in [2.05, 4.69) is 15.6 Å². The zero-order valence-electron chi connectivity index (χ0n) is 21.3. The molecule has 0 spiro atoms. The van der Waals surface area contributed by atoms with Crippen LogP contribution in [-0.2, 0) is 27.2 Å². The number of fused-ring (bicyclic) bond motifs is 1. The molecule has 1 heterocycles. The largest absolute Gasteiger partial charge is 0.466 e. The van der Waals surface area contributed by atoms with Gasteiger partial charge in [-0.25, -0.2) is 0 Å². The molecule has 0 bridgehead atoms. The number of amides is 2. The molecule has 0 aliphatic rings. The average Bonchev–Trinajstić information content (AvgIpc) is 2.92. The van der Waals surface area contributed by atoms with Gasteiger partial charge in [-0.2, -0.15) is 0 Å². The molecule has 0 saturated carbocycles. The first kappa shape index (κ1) is 27.6. The molecule has 4 aromatic rings. The second-order valence-electron chi connectivity index (χ2n) is 8.89. The van der Waals surface area contributed by atoms with Crippen LogP contribution in [0.15, 0.2) is 83.7 Å². The zero-order chi connectivity index (χ0) is 27.8. The number of anilines is 1. The molecule has 4 rings (SSSR count). The van der Waals surface area contributed by atoms with Crippen molar-refractivity contribution in [2.75, 3.05) is 11.9 Å². The lowest BCUT2D eigenvalue weighted by Crippen LogP contribution is -2.45. The fraction of sp³-hybridized carbons (Fsp3) is 0.200. The Balaban J connectivity index is 1.62. The number of hydrogen-bond donors (Lipinski definition) is 3. The van der Waals surface area contributed by atoms with E-state index in [1.807, 2.05) is 30.3 Å². The number of carbonyl (C=O) groups excluding carboxylic acids is 3. The highest BCUT2D eigenvalue weighted by Gasteiger charge is 2.24. The summed E-state index contributed by atoms with van der Waals surface area (Å²) in [6, 6.07) is 21.2. The van der Waals surface area contributed by atoms with Crippen molar-refractivity contribution in [3.63, 3.8) is 0 Å². The number of halogens is 1. The molecule has 3 aromatic carbocycles. The molecular weight excluding hydrogens is 518 g/mol. The van der Waals surface area contributed by atoms with Crippen LogP contribution in [0.4, 0.5) is 5.69 Å². The first-order chi connectivity index (χ1) is 18.8. The molecule has 200 valence electrons. The van der Waals surface area contributed by atoms with Crippen molar-refractivity contribution in [2.45, 2.75) is 32.2 Å². The Bertz CT molecular complexity index is 1550. The van der Waals surface area contributed by atoms with Crippen LogP contribution in [0.2, 0.25) is 5.02 Å². The highest BCUT2D eigenvalue weighted by molar-refractivity contribution is 6.30. The smallest absolute Gasteiger partial charge is 0.306 e. The molecule has 2 amide bonds. The maximum absolute atomic E-state index is 13.6. The summed E-state index contributed by atoms with van der Waals surface area (Å²) < 4.78 is 5.02. The van der Waals surface area contributed by atoms with Gasteiger partial charge in [0.05, 0.1) is 6.61 Å². The van der Waals surface area contributed by atoms with Crippen LogP contribution in [-0.4, -0.2) is 35.4 Å². The predicted octanol–water partition coefficient (Wildman–Crippen LogP) is 4.66. The van der Waals surface area contributed by atoms with E-state index in [0.717, 1.165) is 10.9 Å². The summed E-state index contributed by atoms with van der Waals surface area (Å²) in [7, 11) is 0. The first-order valence-electron chi connectivity index (χ1n) is 12.6. The minimum absolute atomic E-state index is 0.0700. The van der Waals surface area contributed by atoms with E-state index in [-0.39, 0.29) is 24.4 Å². The molecular formula is C30H28ClN3O5. The number of aromatic amines is 1. The van der Waals surface area contributed by atoms with E-state index < -0.39 is 17.9 Å². The summed E-state index contributed by atoms with van der Waals surface area (Å²) in [5, 5.41) is 6.96. The lowest BCUT2D eigenvalue weighted by molar-refractivity contribution is -0.143. The van der Waals surface area contributed by atoms with Crippen molar-refractivity contribution in [1.29, 1.82) is 0 Å². The van der Waals surface area contributed by atoms with Gasteiger partial charge in [0, 0.05) is 46.1 Å². The Morgan fingerprint density at radius 2 is 1.67 bits per heavy atom. The van der Waals surface area contributed by atoms with Crippen LogP contribution in [0.3, 0.4) is 0 Å². The van der Waals surface area contributed by atoms with E-state index in [4.69, 9.17) is 16.3 Å². The lowest BCUT2D eigenvalue weighted by Gasteiger charge is -2.20. The molecule has 9 heteroatoms. The summed E-state index contributed by atoms with van der Waals surface area (Å²) in [5.41, 5.74) is 2.55.